The monoisotopic (exact) mass is 291 g/mol. The van der Waals surface area contributed by atoms with Crippen LogP contribution < -0.4 is 15.7 Å². The van der Waals surface area contributed by atoms with Gasteiger partial charge in [0.1, 0.15) is 11.3 Å². The van der Waals surface area contributed by atoms with Crippen LogP contribution in [0.15, 0.2) is 39.5 Å². The molecule has 1 aromatic carbocycles. The number of benzene rings is 1. The second kappa shape index (κ2) is 6.90. The average molecular weight is 291 g/mol. The summed E-state index contributed by atoms with van der Waals surface area (Å²) in [6.45, 7) is 2.52. The molecular formula is C15H17NO5. The molecule has 2 aromatic rings. The van der Waals surface area contributed by atoms with Gasteiger partial charge in [-0.05, 0) is 25.1 Å². The van der Waals surface area contributed by atoms with E-state index in [4.69, 9.17) is 13.9 Å². The number of rotatable bonds is 6. The van der Waals surface area contributed by atoms with Crippen LogP contribution in [0.5, 0.6) is 5.75 Å². The van der Waals surface area contributed by atoms with Gasteiger partial charge in [0, 0.05) is 31.2 Å². The number of methoxy groups -OCH3 is 1. The van der Waals surface area contributed by atoms with Gasteiger partial charge in [-0.15, -0.1) is 0 Å². The molecule has 0 fully saturated rings. The molecule has 6 heteroatoms. The summed E-state index contributed by atoms with van der Waals surface area (Å²) in [7, 11) is 1.56. The predicted octanol–water partition coefficient (Wildman–Crippen LogP) is 1.32. The summed E-state index contributed by atoms with van der Waals surface area (Å²) in [4.78, 5) is 23.0. The molecule has 0 aliphatic heterocycles. The minimum atomic E-state index is -0.658. The summed E-state index contributed by atoms with van der Waals surface area (Å²) < 4.78 is 15.5. The van der Waals surface area contributed by atoms with E-state index in [2.05, 4.69) is 5.32 Å². The van der Waals surface area contributed by atoms with Gasteiger partial charge in [0.2, 0.25) is 0 Å². The van der Waals surface area contributed by atoms with Crippen LogP contribution in [0.25, 0.3) is 11.0 Å². The highest BCUT2D eigenvalue weighted by Crippen LogP contribution is 2.20. The minimum Gasteiger partial charge on any atom is -0.481 e. The SMILES string of the molecule is COCCNC(=O)[C@@H](C)Oc1ccc2ccc(=O)oc2c1. The number of hydrogen-bond donors (Lipinski definition) is 1. The summed E-state index contributed by atoms with van der Waals surface area (Å²) in [5.41, 5.74) is -0.00278. The van der Waals surface area contributed by atoms with E-state index in [1.807, 2.05) is 0 Å². The van der Waals surface area contributed by atoms with Crippen molar-refractivity contribution < 1.29 is 18.7 Å². The molecule has 21 heavy (non-hydrogen) atoms. The van der Waals surface area contributed by atoms with Crippen LogP contribution >= 0.6 is 0 Å². The first kappa shape index (κ1) is 15.1. The molecule has 0 saturated heterocycles. The van der Waals surface area contributed by atoms with Crippen molar-refractivity contribution in [3.8, 4) is 5.75 Å². The van der Waals surface area contributed by atoms with Gasteiger partial charge in [-0.1, -0.05) is 0 Å². The van der Waals surface area contributed by atoms with Crippen molar-refractivity contribution in [2.45, 2.75) is 13.0 Å². The van der Waals surface area contributed by atoms with Crippen LogP contribution in [0.1, 0.15) is 6.92 Å². The first-order valence-electron chi connectivity index (χ1n) is 6.57. The number of ether oxygens (including phenoxy) is 2. The maximum Gasteiger partial charge on any atom is 0.336 e. The lowest BCUT2D eigenvalue weighted by atomic mass is 10.2. The Kier molecular flexibility index (Phi) is 4.94. The van der Waals surface area contributed by atoms with Crippen molar-refractivity contribution in [2.75, 3.05) is 20.3 Å². The zero-order valence-corrected chi connectivity index (χ0v) is 11.9. The second-order valence-corrected chi connectivity index (χ2v) is 4.50. The number of fused-ring (bicyclic) bond motifs is 1. The maximum absolute atomic E-state index is 11.8. The van der Waals surface area contributed by atoms with E-state index in [0.29, 0.717) is 24.5 Å². The van der Waals surface area contributed by atoms with Crippen molar-refractivity contribution in [3.63, 3.8) is 0 Å². The molecule has 1 aromatic heterocycles. The predicted molar refractivity (Wildman–Crippen MR) is 77.5 cm³/mol. The van der Waals surface area contributed by atoms with Crippen molar-refractivity contribution in [2.24, 2.45) is 0 Å². The van der Waals surface area contributed by atoms with Gasteiger partial charge in [-0.2, -0.15) is 0 Å². The zero-order valence-electron chi connectivity index (χ0n) is 11.9. The summed E-state index contributed by atoms with van der Waals surface area (Å²) in [6.07, 6.45) is -0.658. The highest BCUT2D eigenvalue weighted by molar-refractivity contribution is 5.81. The van der Waals surface area contributed by atoms with Gasteiger partial charge in [0.15, 0.2) is 6.10 Å². The van der Waals surface area contributed by atoms with Gasteiger partial charge in [0.25, 0.3) is 5.91 Å². The molecule has 0 spiro atoms. The van der Waals surface area contributed by atoms with E-state index in [1.165, 1.54) is 6.07 Å². The molecule has 1 heterocycles. The second-order valence-electron chi connectivity index (χ2n) is 4.50. The van der Waals surface area contributed by atoms with Crippen LogP contribution in [0, 0.1) is 0 Å². The lowest BCUT2D eigenvalue weighted by Gasteiger charge is -2.14. The van der Waals surface area contributed by atoms with Crippen LogP contribution in [-0.4, -0.2) is 32.3 Å². The lowest BCUT2D eigenvalue weighted by molar-refractivity contribution is -0.127. The summed E-state index contributed by atoms with van der Waals surface area (Å²) in [5.74, 6) is 0.230. The maximum atomic E-state index is 11.8. The van der Waals surface area contributed by atoms with Gasteiger partial charge < -0.3 is 19.2 Å². The Morgan fingerprint density at radius 3 is 2.86 bits per heavy atom. The van der Waals surface area contributed by atoms with Crippen LogP contribution in [-0.2, 0) is 9.53 Å². The zero-order chi connectivity index (χ0) is 15.2. The molecular weight excluding hydrogens is 274 g/mol. The first-order valence-corrected chi connectivity index (χ1v) is 6.57. The quantitative estimate of drug-likeness (QED) is 0.641. The Balaban J connectivity index is 2.05. The van der Waals surface area contributed by atoms with Gasteiger partial charge in [-0.3, -0.25) is 4.79 Å². The van der Waals surface area contributed by atoms with E-state index in [9.17, 15) is 9.59 Å². The molecule has 0 radical (unpaired) electrons. The fourth-order valence-electron chi connectivity index (χ4n) is 1.79. The Hall–Kier alpha value is -2.34. The van der Waals surface area contributed by atoms with Crippen molar-refractivity contribution in [3.05, 3.63) is 40.8 Å². The van der Waals surface area contributed by atoms with Crippen molar-refractivity contribution in [1.82, 2.24) is 5.32 Å². The Bertz CT molecular complexity index is 679. The Labute approximate surface area is 121 Å². The van der Waals surface area contributed by atoms with Crippen LogP contribution in [0.2, 0.25) is 0 Å². The molecule has 1 amide bonds. The Morgan fingerprint density at radius 1 is 1.33 bits per heavy atom. The molecule has 112 valence electrons. The largest absolute Gasteiger partial charge is 0.481 e. The summed E-state index contributed by atoms with van der Waals surface area (Å²) in [6, 6.07) is 8.11. The molecule has 0 unspecified atom stereocenters. The molecule has 0 saturated carbocycles. The molecule has 0 aliphatic rings. The van der Waals surface area contributed by atoms with E-state index >= 15 is 0 Å². The standard InChI is InChI=1S/C15H17NO5/c1-10(15(18)16-7-8-19-2)20-12-5-3-11-4-6-14(17)21-13(11)9-12/h3-6,9-10H,7-8H2,1-2H3,(H,16,18)/t10-/m1/s1. The molecule has 0 bridgehead atoms. The minimum absolute atomic E-state index is 0.235. The molecule has 1 N–H and O–H groups in total. The molecule has 6 nitrogen and oxygen atoms in total. The van der Waals surface area contributed by atoms with Gasteiger partial charge in [0.05, 0.1) is 6.61 Å². The normalized spacial score (nSPS) is 12.1. The van der Waals surface area contributed by atoms with E-state index in [-0.39, 0.29) is 5.91 Å². The highest BCUT2D eigenvalue weighted by atomic mass is 16.5. The number of hydrogen-bond acceptors (Lipinski definition) is 5. The summed E-state index contributed by atoms with van der Waals surface area (Å²) >= 11 is 0. The fraction of sp³-hybridized carbons (Fsp3) is 0.333. The van der Waals surface area contributed by atoms with Crippen molar-refractivity contribution in [1.29, 1.82) is 0 Å². The van der Waals surface area contributed by atoms with E-state index in [0.717, 1.165) is 5.39 Å². The first-order chi connectivity index (χ1) is 10.1. The smallest absolute Gasteiger partial charge is 0.336 e. The van der Waals surface area contributed by atoms with E-state index < -0.39 is 11.7 Å². The number of carbonyl (C=O) groups excluding carboxylic acids is 1. The fourth-order valence-corrected chi connectivity index (χ4v) is 1.79. The molecule has 1 atom stereocenters. The van der Waals surface area contributed by atoms with Gasteiger partial charge >= 0.3 is 5.63 Å². The van der Waals surface area contributed by atoms with Gasteiger partial charge in [-0.25, -0.2) is 4.79 Å². The lowest BCUT2D eigenvalue weighted by Crippen LogP contribution is -2.37. The van der Waals surface area contributed by atoms with Crippen LogP contribution in [0.4, 0.5) is 0 Å². The van der Waals surface area contributed by atoms with Crippen LogP contribution in [0.3, 0.4) is 0 Å². The third-order valence-corrected chi connectivity index (χ3v) is 2.88. The van der Waals surface area contributed by atoms with Crippen molar-refractivity contribution >= 4 is 16.9 Å². The summed E-state index contributed by atoms with van der Waals surface area (Å²) in [5, 5.41) is 3.48. The number of nitrogens with one attached hydrogen (secondary N) is 1. The topological polar surface area (TPSA) is 77.8 Å². The molecule has 0 aliphatic carbocycles. The number of carbonyl (C=O) groups is 1. The number of amides is 1. The third-order valence-electron chi connectivity index (χ3n) is 2.88. The van der Waals surface area contributed by atoms with E-state index in [1.54, 1.807) is 38.3 Å². The Morgan fingerprint density at radius 2 is 2.10 bits per heavy atom. The average Bonchev–Trinajstić information content (AvgIpc) is 2.46. The molecule has 2 rings (SSSR count). The highest BCUT2D eigenvalue weighted by Gasteiger charge is 2.14. The third kappa shape index (κ3) is 4.06.